The molecular formula is C76H98N16O17. The molecule has 584 valence electrons. The summed E-state index contributed by atoms with van der Waals surface area (Å²) in [5.74, 6) is -17.0. The minimum Gasteiger partial charge on any atom is -0.481 e. The molecule has 0 saturated heterocycles. The number of carbonyl (C=O) groups excluding carboxylic acids is 12. The number of amides is 12. The number of carboxylic acid groups (broad SMARTS) is 2. The molecule has 3 aromatic heterocycles. The van der Waals surface area contributed by atoms with E-state index < -0.39 is 181 Å². The van der Waals surface area contributed by atoms with Gasteiger partial charge in [-0.1, -0.05) is 133 Å². The third-order valence-corrected chi connectivity index (χ3v) is 18.4. The van der Waals surface area contributed by atoms with E-state index in [1.807, 2.05) is 19.9 Å². The van der Waals surface area contributed by atoms with Crippen molar-refractivity contribution in [3.05, 3.63) is 144 Å². The molecule has 0 fully saturated rings. The highest BCUT2D eigenvalue weighted by molar-refractivity contribution is 6.02. The Balaban J connectivity index is 1.12. The quantitative estimate of drug-likeness (QED) is 0.0246. The van der Waals surface area contributed by atoms with Crippen LogP contribution in [0.5, 0.6) is 0 Å². The molecule has 0 radical (unpaired) electrons. The lowest BCUT2D eigenvalue weighted by atomic mass is 9.96. The highest BCUT2D eigenvalue weighted by Gasteiger charge is 2.40. The summed E-state index contributed by atoms with van der Waals surface area (Å²) in [5, 5.41) is 58.3. The van der Waals surface area contributed by atoms with E-state index in [9.17, 15) is 77.6 Å². The fourth-order valence-electron chi connectivity index (χ4n) is 12.5. The number of aliphatic hydroxyl groups is 1. The highest BCUT2D eigenvalue weighted by atomic mass is 16.4. The van der Waals surface area contributed by atoms with Crippen molar-refractivity contribution in [2.24, 2.45) is 35.0 Å². The molecule has 7 rings (SSSR count). The summed E-state index contributed by atoms with van der Waals surface area (Å²) in [6.45, 7) is 11.4. The van der Waals surface area contributed by atoms with Crippen molar-refractivity contribution in [3.63, 3.8) is 0 Å². The first-order valence-corrected chi connectivity index (χ1v) is 35.9. The number of aromatic nitrogens is 3. The van der Waals surface area contributed by atoms with E-state index in [1.54, 1.807) is 136 Å². The van der Waals surface area contributed by atoms with E-state index in [1.165, 1.54) is 6.92 Å². The van der Waals surface area contributed by atoms with Crippen LogP contribution in [0, 0.1) is 17.8 Å². The molecule has 13 atom stereocenters. The Morgan fingerprint density at radius 1 is 0.376 bits per heavy atom. The van der Waals surface area contributed by atoms with Crippen molar-refractivity contribution in [2.45, 2.75) is 185 Å². The average Bonchev–Trinajstić information content (AvgIpc) is 1.74. The first-order valence-electron chi connectivity index (χ1n) is 35.9. The van der Waals surface area contributed by atoms with E-state index in [-0.39, 0.29) is 56.8 Å². The molecule has 0 unspecified atom stereocenters. The van der Waals surface area contributed by atoms with Crippen molar-refractivity contribution in [2.75, 3.05) is 0 Å². The Morgan fingerprint density at radius 3 is 1.07 bits per heavy atom. The Labute approximate surface area is 627 Å². The van der Waals surface area contributed by atoms with Gasteiger partial charge in [0.2, 0.25) is 70.9 Å². The van der Waals surface area contributed by atoms with Gasteiger partial charge in [-0.15, -0.1) is 0 Å². The molecule has 0 saturated carbocycles. The normalized spacial score (nSPS) is 15.0. The lowest BCUT2D eigenvalue weighted by molar-refractivity contribution is -0.143. The number of H-pyrrole nitrogens is 3. The number of benzene rings is 4. The van der Waals surface area contributed by atoms with Crippen molar-refractivity contribution in [1.82, 2.24) is 68.1 Å². The number of nitrogens with one attached hydrogen (secondary N) is 13. The third-order valence-electron chi connectivity index (χ3n) is 18.4. The van der Waals surface area contributed by atoms with Gasteiger partial charge in [-0.05, 0) is 78.0 Å². The largest absolute Gasteiger partial charge is 0.481 e. The Bertz CT molecular complexity index is 4420. The molecule has 3 heterocycles. The summed E-state index contributed by atoms with van der Waals surface area (Å²) in [7, 11) is 0. The molecular weight excluding hydrogens is 1410 g/mol. The first kappa shape index (κ1) is 84.3. The number of aliphatic hydroxyl groups excluding tert-OH is 1. The molecule has 7 aromatic rings. The second-order valence-electron chi connectivity index (χ2n) is 28.1. The smallest absolute Gasteiger partial charge is 0.326 e. The number of carbonyl (C=O) groups is 14. The van der Waals surface area contributed by atoms with E-state index in [2.05, 4.69) is 68.1 Å². The molecule has 22 N–H and O–H groups in total. The van der Waals surface area contributed by atoms with Crippen LogP contribution in [0.2, 0.25) is 0 Å². The maximum atomic E-state index is 15.2. The summed E-state index contributed by atoms with van der Waals surface area (Å²) in [6.07, 6.45) is -0.481. The summed E-state index contributed by atoms with van der Waals surface area (Å²) >= 11 is 0. The fourth-order valence-corrected chi connectivity index (χ4v) is 12.5. The van der Waals surface area contributed by atoms with Crippen molar-refractivity contribution in [1.29, 1.82) is 0 Å². The number of nitrogens with two attached hydrogens (primary N) is 3. The van der Waals surface area contributed by atoms with Gasteiger partial charge < -0.3 is 101 Å². The summed E-state index contributed by atoms with van der Waals surface area (Å²) in [5.41, 5.74) is 21.6. The maximum Gasteiger partial charge on any atom is 0.326 e. The van der Waals surface area contributed by atoms with Gasteiger partial charge in [0.05, 0.1) is 31.4 Å². The molecule has 109 heavy (non-hydrogen) atoms. The zero-order valence-corrected chi connectivity index (χ0v) is 61.6. The number of rotatable bonds is 42. The van der Waals surface area contributed by atoms with Crippen LogP contribution in [0.15, 0.2) is 122 Å². The van der Waals surface area contributed by atoms with Gasteiger partial charge in [0.1, 0.15) is 60.4 Å². The Hall–Kier alpha value is -12.0. The molecule has 12 amide bonds. The van der Waals surface area contributed by atoms with Crippen LogP contribution in [0.25, 0.3) is 32.7 Å². The molecule has 0 aliphatic rings. The van der Waals surface area contributed by atoms with Crippen LogP contribution < -0.4 is 70.4 Å². The van der Waals surface area contributed by atoms with Crippen LogP contribution in [-0.4, -0.2) is 186 Å². The second kappa shape index (κ2) is 39.6. The standard InChI is InChI=1S/C76H98N16O17/c1-8-40(6)64(74(106)92-65(41(7)93)75(107)89-58(33-62(79)95)72(104)86-56(70(102)90-60(76(108)109)27-39(4)5)31-45-37-82-52-25-17-14-22-48(45)52)91-73(105)59(34-63(96)97)88-67(99)53(28-42-18-10-9-11-19-42)84-69(101)55(30-44-36-81-51-24-16-13-21-47(44)51)85-71(103)57(32-61(78)94)87-68(100)54(83-66(98)49(77)26-38(2)3)29-43-35-80-50-23-15-12-20-46(43)50/h9-25,35-41,49,53-60,64-65,80-82,93H,8,26-34,77H2,1-7H3,(H2,78,94)(H2,79,95)(H,83,98)(H,84,101)(H,85,103)(H,86,104)(H,87,100)(H,88,99)(H,89,107)(H,90,102)(H,91,105)(H,92,106)(H,96,97)(H,108,109)/t40-,41+,49-,53-,54-,55-,56-,57-,58-,59-,60-,64-,65-/m0/s1. The minimum atomic E-state index is -2.04. The number of fused-ring (bicyclic) bond motifs is 3. The van der Waals surface area contributed by atoms with Crippen molar-refractivity contribution >= 4 is 116 Å². The van der Waals surface area contributed by atoms with Gasteiger partial charge in [0.25, 0.3) is 0 Å². The Morgan fingerprint density at radius 2 is 0.697 bits per heavy atom. The second-order valence-corrected chi connectivity index (χ2v) is 28.1. The lowest BCUT2D eigenvalue weighted by Crippen LogP contribution is -2.63. The number of primary amides is 2. The number of aromatic amines is 3. The van der Waals surface area contributed by atoms with Crippen LogP contribution in [-0.2, 0) is 92.8 Å². The van der Waals surface area contributed by atoms with E-state index in [4.69, 9.17) is 17.2 Å². The van der Waals surface area contributed by atoms with Gasteiger partial charge in [-0.25, -0.2) is 4.79 Å². The number of carboxylic acids is 2. The molecule has 0 bridgehead atoms. The van der Waals surface area contributed by atoms with Gasteiger partial charge in [0.15, 0.2) is 0 Å². The average molecular weight is 1510 g/mol. The topological polar surface area (TPSA) is 545 Å². The van der Waals surface area contributed by atoms with E-state index in [0.717, 1.165) is 17.8 Å². The van der Waals surface area contributed by atoms with Crippen molar-refractivity contribution < 1.29 is 82.4 Å². The maximum absolute atomic E-state index is 15.2. The fraction of sp³-hybridized carbons (Fsp3) is 0.421. The summed E-state index contributed by atoms with van der Waals surface area (Å²) in [6, 6.07) is 11.1. The summed E-state index contributed by atoms with van der Waals surface area (Å²) in [4.78, 5) is 205. The molecule has 0 spiro atoms. The van der Waals surface area contributed by atoms with Gasteiger partial charge in [0, 0.05) is 77.0 Å². The third kappa shape index (κ3) is 24.5. The number of hydrogen-bond acceptors (Lipinski definition) is 16. The lowest BCUT2D eigenvalue weighted by Gasteiger charge is -2.30. The van der Waals surface area contributed by atoms with Crippen LogP contribution >= 0.6 is 0 Å². The van der Waals surface area contributed by atoms with Crippen LogP contribution in [0.4, 0.5) is 0 Å². The van der Waals surface area contributed by atoms with Crippen LogP contribution in [0.3, 0.4) is 0 Å². The zero-order chi connectivity index (χ0) is 79.9. The molecule has 0 aliphatic carbocycles. The number of hydrogen-bond donors (Lipinski definition) is 19. The summed E-state index contributed by atoms with van der Waals surface area (Å²) < 4.78 is 0. The number of aliphatic carboxylic acids is 2. The molecule has 0 aliphatic heterocycles. The van der Waals surface area contributed by atoms with Gasteiger partial charge in [-0.2, -0.15) is 0 Å². The molecule has 4 aromatic carbocycles. The SMILES string of the molecule is CC[C@H](C)[C@H](NC(=O)[C@H](CC(=O)O)NC(=O)[C@H](Cc1ccccc1)NC(=O)[C@H](Cc1c[nH]c2ccccc12)NC(=O)[C@H](CC(N)=O)NC(=O)[C@H](Cc1c[nH]c2ccccc12)NC(=O)[C@@H](N)CC(C)C)C(=O)N[C@H](C(=O)N[C@@H](CC(N)=O)C(=O)N[C@@H](Cc1c[nH]c2ccccc12)C(=O)N[C@@H](CC(C)C)C(=O)O)[C@@H](C)O. The highest BCUT2D eigenvalue weighted by Crippen LogP contribution is 2.24. The monoisotopic (exact) mass is 1510 g/mol. The van der Waals surface area contributed by atoms with E-state index in [0.29, 0.717) is 44.1 Å². The molecule has 33 nitrogen and oxygen atoms in total. The van der Waals surface area contributed by atoms with Gasteiger partial charge >= 0.3 is 11.9 Å². The minimum absolute atomic E-state index is 0.00902. The molecule has 33 heteroatoms. The predicted octanol–water partition coefficient (Wildman–Crippen LogP) is 0.406. The first-order chi connectivity index (χ1) is 51.7. The Kier molecular flexibility index (Phi) is 30.6. The van der Waals surface area contributed by atoms with Crippen LogP contribution in [0.1, 0.15) is 109 Å². The van der Waals surface area contributed by atoms with E-state index >= 15 is 4.79 Å². The zero-order valence-electron chi connectivity index (χ0n) is 61.6. The predicted molar refractivity (Wildman–Crippen MR) is 401 cm³/mol. The number of para-hydroxylation sites is 3. The van der Waals surface area contributed by atoms with Crippen molar-refractivity contribution in [3.8, 4) is 0 Å². The van der Waals surface area contributed by atoms with Gasteiger partial charge in [-0.3, -0.25) is 62.3 Å².